The third kappa shape index (κ3) is 3.16. The van der Waals surface area contributed by atoms with Crippen LogP contribution in [0.4, 0.5) is 5.13 Å². The van der Waals surface area contributed by atoms with Crippen molar-refractivity contribution in [3.63, 3.8) is 0 Å². The second kappa shape index (κ2) is 5.78. The summed E-state index contributed by atoms with van der Waals surface area (Å²) in [7, 11) is 1.71. The molecule has 96 valence electrons. The molecule has 1 aromatic heterocycles. The van der Waals surface area contributed by atoms with Gasteiger partial charge in [-0.2, -0.15) is 4.37 Å². The van der Waals surface area contributed by atoms with Gasteiger partial charge in [0.2, 0.25) is 5.13 Å². The Labute approximate surface area is 107 Å². The summed E-state index contributed by atoms with van der Waals surface area (Å²) in [5, 5.41) is 1.08. The number of rotatable bonds is 4. The molecule has 1 fully saturated rings. The molecule has 2 atom stereocenters. The standard InChI is InChI=1S/C12H21N3OS/c1-9-4-5-10(2)15(8-9)12-13-11(14-17-12)6-7-16-3/h9-10H,4-8H2,1-3H3. The van der Waals surface area contributed by atoms with Crippen LogP contribution >= 0.6 is 11.5 Å². The number of aromatic nitrogens is 2. The second-order valence-corrected chi connectivity index (χ2v) is 5.65. The molecular formula is C12H21N3OS. The van der Waals surface area contributed by atoms with E-state index < -0.39 is 0 Å². The first kappa shape index (κ1) is 12.8. The zero-order chi connectivity index (χ0) is 12.3. The van der Waals surface area contributed by atoms with Crippen molar-refractivity contribution in [3.05, 3.63) is 5.82 Å². The van der Waals surface area contributed by atoms with Crippen molar-refractivity contribution in [2.24, 2.45) is 5.92 Å². The Morgan fingerprint density at radius 1 is 1.41 bits per heavy atom. The van der Waals surface area contributed by atoms with Crippen LogP contribution in [0.15, 0.2) is 0 Å². The summed E-state index contributed by atoms with van der Waals surface area (Å²) >= 11 is 1.52. The Hall–Kier alpha value is -0.680. The summed E-state index contributed by atoms with van der Waals surface area (Å²) in [6, 6.07) is 0.592. The van der Waals surface area contributed by atoms with Crippen molar-refractivity contribution in [3.8, 4) is 0 Å². The number of piperidine rings is 1. The molecule has 1 aliphatic heterocycles. The highest BCUT2D eigenvalue weighted by Gasteiger charge is 2.25. The van der Waals surface area contributed by atoms with Crippen LogP contribution < -0.4 is 4.90 Å². The molecule has 1 aliphatic rings. The molecule has 2 rings (SSSR count). The maximum absolute atomic E-state index is 5.05. The highest BCUT2D eigenvalue weighted by atomic mass is 32.1. The van der Waals surface area contributed by atoms with E-state index in [1.807, 2.05) is 0 Å². The van der Waals surface area contributed by atoms with E-state index in [9.17, 15) is 0 Å². The molecule has 0 aliphatic carbocycles. The molecule has 2 unspecified atom stereocenters. The van der Waals surface area contributed by atoms with E-state index in [1.165, 1.54) is 24.4 Å². The van der Waals surface area contributed by atoms with Crippen molar-refractivity contribution in [2.75, 3.05) is 25.2 Å². The van der Waals surface area contributed by atoms with Crippen LogP contribution in [-0.4, -0.2) is 35.7 Å². The van der Waals surface area contributed by atoms with E-state index in [1.54, 1.807) is 7.11 Å². The molecule has 2 heterocycles. The highest BCUT2D eigenvalue weighted by Crippen LogP contribution is 2.28. The van der Waals surface area contributed by atoms with Crippen LogP contribution in [0.1, 0.15) is 32.5 Å². The van der Waals surface area contributed by atoms with Gasteiger partial charge in [0.15, 0.2) is 0 Å². The first-order valence-electron chi connectivity index (χ1n) is 6.29. The predicted molar refractivity (Wildman–Crippen MR) is 70.7 cm³/mol. The number of anilines is 1. The maximum atomic E-state index is 5.05. The summed E-state index contributed by atoms with van der Waals surface area (Å²) < 4.78 is 9.45. The predicted octanol–water partition coefficient (Wildman–Crippen LogP) is 2.35. The summed E-state index contributed by atoms with van der Waals surface area (Å²) in [6.45, 7) is 6.40. The molecule has 17 heavy (non-hydrogen) atoms. The number of nitrogens with zero attached hydrogens (tertiary/aromatic N) is 3. The molecule has 0 amide bonds. The molecule has 0 aromatic carbocycles. The van der Waals surface area contributed by atoms with Gasteiger partial charge in [0, 0.05) is 37.6 Å². The monoisotopic (exact) mass is 255 g/mol. The first-order chi connectivity index (χ1) is 8.20. The Morgan fingerprint density at radius 3 is 3.00 bits per heavy atom. The van der Waals surface area contributed by atoms with Gasteiger partial charge in [0.05, 0.1) is 6.61 Å². The average Bonchev–Trinajstić information content (AvgIpc) is 2.78. The molecule has 0 radical (unpaired) electrons. The summed E-state index contributed by atoms with van der Waals surface area (Å²) in [5.74, 6) is 1.68. The van der Waals surface area contributed by atoms with E-state index >= 15 is 0 Å². The molecule has 5 heteroatoms. The van der Waals surface area contributed by atoms with Crippen molar-refractivity contribution in [2.45, 2.75) is 39.2 Å². The van der Waals surface area contributed by atoms with Crippen molar-refractivity contribution < 1.29 is 4.74 Å². The number of ether oxygens (including phenoxy) is 1. The molecule has 0 bridgehead atoms. The maximum Gasteiger partial charge on any atom is 0.205 e. The SMILES string of the molecule is COCCc1nsc(N2CC(C)CCC2C)n1. The van der Waals surface area contributed by atoms with Crippen LogP contribution in [0.5, 0.6) is 0 Å². The van der Waals surface area contributed by atoms with Gasteiger partial charge in [-0.15, -0.1) is 0 Å². The summed E-state index contributed by atoms with van der Waals surface area (Å²) in [6.07, 6.45) is 3.39. The fourth-order valence-electron chi connectivity index (χ4n) is 2.21. The minimum absolute atomic E-state index is 0.592. The van der Waals surface area contributed by atoms with Crippen LogP contribution in [0.25, 0.3) is 0 Å². The van der Waals surface area contributed by atoms with E-state index in [0.717, 1.165) is 29.8 Å². The lowest BCUT2D eigenvalue weighted by atomic mass is 9.96. The zero-order valence-corrected chi connectivity index (χ0v) is 11.7. The van der Waals surface area contributed by atoms with Gasteiger partial charge < -0.3 is 9.64 Å². The van der Waals surface area contributed by atoms with Crippen LogP contribution in [0.3, 0.4) is 0 Å². The number of hydrogen-bond donors (Lipinski definition) is 0. The minimum Gasteiger partial charge on any atom is -0.384 e. The Balaban J connectivity index is 2.02. The Bertz CT molecular complexity index is 355. The van der Waals surface area contributed by atoms with E-state index in [-0.39, 0.29) is 0 Å². The summed E-state index contributed by atoms with van der Waals surface area (Å²) in [4.78, 5) is 7.01. The largest absolute Gasteiger partial charge is 0.384 e. The lowest BCUT2D eigenvalue weighted by molar-refractivity contribution is 0.201. The van der Waals surface area contributed by atoms with E-state index in [4.69, 9.17) is 4.74 Å². The van der Waals surface area contributed by atoms with Crippen molar-refractivity contribution in [1.82, 2.24) is 9.36 Å². The van der Waals surface area contributed by atoms with Gasteiger partial charge in [0.1, 0.15) is 5.82 Å². The molecule has 0 saturated carbocycles. The average molecular weight is 255 g/mol. The Morgan fingerprint density at radius 2 is 2.24 bits per heavy atom. The second-order valence-electron chi connectivity index (χ2n) is 4.92. The molecule has 1 aromatic rings. The van der Waals surface area contributed by atoms with Gasteiger partial charge in [-0.3, -0.25) is 0 Å². The minimum atomic E-state index is 0.592. The van der Waals surface area contributed by atoms with Crippen molar-refractivity contribution in [1.29, 1.82) is 0 Å². The zero-order valence-electron chi connectivity index (χ0n) is 10.8. The van der Waals surface area contributed by atoms with E-state index in [0.29, 0.717) is 12.6 Å². The summed E-state index contributed by atoms with van der Waals surface area (Å²) in [5.41, 5.74) is 0. The van der Waals surface area contributed by atoms with Gasteiger partial charge in [-0.05, 0) is 25.7 Å². The molecule has 0 N–H and O–H groups in total. The van der Waals surface area contributed by atoms with E-state index in [2.05, 4.69) is 28.1 Å². The first-order valence-corrected chi connectivity index (χ1v) is 7.06. The number of hydrogen-bond acceptors (Lipinski definition) is 5. The smallest absolute Gasteiger partial charge is 0.205 e. The van der Waals surface area contributed by atoms with Gasteiger partial charge in [-0.25, -0.2) is 4.98 Å². The highest BCUT2D eigenvalue weighted by molar-refractivity contribution is 7.09. The van der Waals surface area contributed by atoms with Crippen molar-refractivity contribution >= 4 is 16.7 Å². The quantitative estimate of drug-likeness (QED) is 0.828. The van der Waals surface area contributed by atoms with Gasteiger partial charge in [0.25, 0.3) is 0 Å². The number of methoxy groups -OCH3 is 1. The molecular weight excluding hydrogens is 234 g/mol. The third-order valence-corrected chi connectivity index (χ3v) is 4.14. The van der Waals surface area contributed by atoms with Gasteiger partial charge >= 0.3 is 0 Å². The van der Waals surface area contributed by atoms with Crippen LogP contribution in [-0.2, 0) is 11.2 Å². The normalized spacial score (nSPS) is 25.2. The van der Waals surface area contributed by atoms with Crippen LogP contribution in [0.2, 0.25) is 0 Å². The third-order valence-electron chi connectivity index (χ3n) is 3.35. The fourth-order valence-corrected chi connectivity index (χ4v) is 3.04. The van der Waals surface area contributed by atoms with Crippen LogP contribution in [0, 0.1) is 5.92 Å². The molecule has 1 saturated heterocycles. The lowest BCUT2D eigenvalue weighted by Crippen LogP contribution is -2.41. The topological polar surface area (TPSA) is 38.2 Å². The Kier molecular flexibility index (Phi) is 4.34. The fraction of sp³-hybridized carbons (Fsp3) is 0.833. The van der Waals surface area contributed by atoms with Gasteiger partial charge in [-0.1, -0.05) is 6.92 Å². The lowest BCUT2D eigenvalue weighted by Gasteiger charge is -2.36. The molecule has 4 nitrogen and oxygen atoms in total. The molecule has 0 spiro atoms.